The van der Waals surface area contributed by atoms with Gasteiger partial charge in [0, 0.05) is 6.42 Å². The lowest BCUT2D eigenvalue weighted by Gasteiger charge is -2.15. The first kappa shape index (κ1) is 22.3. The van der Waals surface area contributed by atoms with Gasteiger partial charge in [0.25, 0.3) is 0 Å². The van der Waals surface area contributed by atoms with Crippen molar-refractivity contribution in [2.45, 2.75) is 58.7 Å². The second-order valence-corrected chi connectivity index (χ2v) is 5.53. The smallest absolute Gasteiger partial charge is 0.344 e. The quantitative estimate of drug-likeness (QED) is 0.298. The third-order valence-electron chi connectivity index (χ3n) is 2.77. The zero-order valence-electron chi connectivity index (χ0n) is 14.6. The molecule has 0 fully saturated rings. The molecule has 0 radical (unpaired) electrons. The van der Waals surface area contributed by atoms with Crippen LogP contribution in [-0.2, 0) is 33.3 Å². The van der Waals surface area contributed by atoms with Crippen LogP contribution >= 0.6 is 0 Å². The molecule has 0 aliphatic heterocycles. The van der Waals surface area contributed by atoms with Crippen LogP contribution in [0.25, 0.3) is 0 Å². The van der Waals surface area contributed by atoms with E-state index in [4.69, 9.17) is 19.3 Å². The van der Waals surface area contributed by atoms with Crippen LogP contribution in [0.2, 0.25) is 0 Å². The number of aliphatic hydroxyl groups is 1. The van der Waals surface area contributed by atoms with E-state index in [9.17, 15) is 14.4 Å². The summed E-state index contributed by atoms with van der Waals surface area (Å²) in [4.78, 5) is 33.4. The van der Waals surface area contributed by atoms with Crippen molar-refractivity contribution in [3.63, 3.8) is 0 Å². The number of esters is 3. The zero-order valence-corrected chi connectivity index (χ0v) is 14.6. The molecular formula is C16H28O8. The molecule has 0 amide bonds. The number of rotatable bonds is 13. The van der Waals surface area contributed by atoms with Crippen LogP contribution in [0.15, 0.2) is 0 Å². The van der Waals surface area contributed by atoms with Crippen LogP contribution in [-0.4, -0.2) is 61.6 Å². The van der Waals surface area contributed by atoms with Crippen molar-refractivity contribution in [2.75, 3.05) is 26.4 Å². The largest absolute Gasteiger partial charge is 0.463 e. The third-order valence-corrected chi connectivity index (χ3v) is 2.77. The third kappa shape index (κ3) is 14.0. The number of ether oxygens (including phenoxy) is 4. The molecule has 24 heavy (non-hydrogen) atoms. The molecule has 0 saturated heterocycles. The van der Waals surface area contributed by atoms with Crippen LogP contribution in [0.4, 0.5) is 0 Å². The van der Waals surface area contributed by atoms with Crippen molar-refractivity contribution in [3.8, 4) is 0 Å². The second-order valence-electron chi connectivity index (χ2n) is 5.53. The molecule has 0 bridgehead atoms. The highest BCUT2D eigenvalue weighted by molar-refractivity contribution is 5.76. The Morgan fingerprint density at radius 1 is 0.917 bits per heavy atom. The van der Waals surface area contributed by atoms with E-state index in [-0.39, 0.29) is 24.8 Å². The SMILES string of the molecule is CC(C)OCC(C)OC(=O)CCCCCOC(=O)COC(=O)CO. The lowest BCUT2D eigenvalue weighted by atomic mass is 10.2. The molecule has 1 atom stereocenters. The van der Waals surface area contributed by atoms with Gasteiger partial charge in [-0.05, 0) is 40.0 Å². The number of aliphatic hydroxyl groups excluding tert-OH is 1. The molecule has 8 heteroatoms. The first-order valence-corrected chi connectivity index (χ1v) is 8.08. The lowest BCUT2D eigenvalue weighted by molar-refractivity contribution is -0.160. The van der Waals surface area contributed by atoms with E-state index in [1.165, 1.54) is 0 Å². The van der Waals surface area contributed by atoms with Gasteiger partial charge in [-0.2, -0.15) is 0 Å². The number of unbranched alkanes of at least 4 members (excludes halogenated alkanes) is 2. The molecule has 0 spiro atoms. The minimum absolute atomic E-state index is 0.0982. The molecule has 1 N–H and O–H groups in total. The summed E-state index contributed by atoms with van der Waals surface area (Å²) in [5, 5.41) is 8.40. The monoisotopic (exact) mass is 348 g/mol. The second kappa shape index (κ2) is 13.7. The van der Waals surface area contributed by atoms with E-state index in [0.29, 0.717) is 32.3 Å². The van der Waals surface area contributed by atoms with Gasteiger partial charge in [0.2, 0.25) is 0 Å². The van der Waals surface area contributed by atoms with Crippen LogP contribution in [0.1, 0.15) is 46.5 Å². The number of hydrogen-bond acceptors (Lipinski definition) is 8. The molecule has 0 aliphatic rings. The molecule has 0 aromatic rings. The summed E-state index contributed by atoms with van der Waals surface area (Å²) in [6.07, 6.45) is 2.06. The Morgan fingerprint density at radius 2 is 1.62 bits per heavy atom. The molecule has 0 heterocycles. The van der Waals surface area contributed by atoms with Crippen molar-refractivity contribution in [3.05, 3.63) is 0 Å². The molecule has 0 aromatic carbocycles. The Kier molecular flexibility index (Phi) is 12.8. The normalized spacial score (nSPS) is 11.9. The summed E-state index contributed by atoms with van der Waals surface area (Å²) in [6, 6.07) is 0. The van der Waals surface area contributed by atoms with Crippen LogP contribution in [0.5, 0.6) is 0 Å². The van der Waals surface area contributed by atoms with Crippen molar-refractivity contribution >= 4 is 17.9 Å². The van der Waals surface area contributed by atoms with Gasteiger partial charge in [0.05, 0.1) is 19.3 Å². The van der Waals surface area contributed by atoms with Gasteiger partial charge in [-0.1, -0.05) is 0 Å². The maximum atomic E-state index is 11.6. The lowest BCUT2D eigenvalue weighted by Crippen LogP contribution is -2.22. The molecule has 0 aromatic heterocycles. The maximum Gasteiger partial charge on any atom is 0.344 e. The summed E-state index contributed by atoms with van der Waals surface area (Å²) in [5.41, 5.74) is 0. The van der Waals surface area contributed by atoms with E-state index < -0.39 is 25.2 Å². The first-order chi connectivity index (χ1) is 11.3. The van der Waals surface area contributed by atoms with Crippen molar-refractivity contribution < 1.29 is 38.4 Å². The number of carbonyl (C=O) groups excluding carboxylic acids is 3. The maximum absolute atomic E-state index is 11.6. The van der Waals surface area contributed by atoms with Gasteiger partial charge < -0.3 is 24.1 Å². The summed E-state index contributed by atoms with van der Waals surface area (Å²) in [7, 11) is 0. The summed E-state index contributed by atoms with van der Waals surface area (Å²) < 4.78 is 19.8. The average Bonchev–Trinajstić information content (AvgIpc) is 2.53. The molecule has 8 nitrogen and oxygen atoms in total. The van der Waals surface area contributed by atoms with E-state index in [0.717, 1.165) is 0 Å². The van der Waals surface area contributed by atoms with Gasteiger partial charge in [0.15, 0.2) is 6.61 Å². The molecule has 140 valence electrons. The summed E-state index contributed by atoms with van der Waals surface area (Å²) >= 11 is 0. The molecule has 0 aliphatic carbocycles. The van der Waals surface area contributed by atoms with Gasteiger partial charge in [-0.25, -0.2) is 9.59 Å². The van der Waals surface area contributed by atoms with Crippen LogP contribution < -0.4 is 0 Å². The first-order valence-electron chi connectivity index (χ1n) is 8.08. The molecule has 0 rings (SSSR count). The van der Waals surface area contributed by atoms with Gasteiger partial charge in [-0.3, -0.25) is 4.79 Å². The van der Waals surface area contributed by atoms with Crippen molar-refractivity contribution in [1.29, 1.82) is 0 Å². The predicted molar refractivity (Wildman–Crippen MR) is 84.1 cm³/mol. The molecule has 0 saturated carbocycles. The van der Waals surface area contributed by atoms with Crippen LogP contribution in [0.3, 0.4) is 0 Å². The number of hydrogen-bond donors (Lipinski definition) is 1. The Bertz CT molecular complexity index is 380. The Hall–Kier alpha value is -1.67. The Morgan fingerprint density at radius 3 is 2.25 bits per heavy atom. The minimum Gasteiger partial charge on any atom is -0.463 e. The fourth-order valence-electron chi connectivity index (χ4n) is 1.61. The van der Waals surface area contributed by atoms with Crippen molar-refractivity contribution in [1.82, 2.24) is 0 Å². The molecule has 1 unspecified atom stereocenters. The summed E-state index contributed by atoms with van der Waals surface area (Å²) in [5.74, 6) is -1.82. The van der Waals surface area contributed by atoms with E-state index in [2.05, 4.69) is 4.74 Å². The van der Waals surface area contributed by atoms with Gasteiger partial charge in [-0.15, -0.1) is 0 Å². The summed E-state index contributed by atoms with van der Waals surface area (Å²) in [6.45, 7) is 4.89. The van der Waals surface area contributed by atoms with E-state index >= 15 is 0 Å². The number of carbonyl (C=O) groups is 3. The van der Waals surface area contributed by atoms with E-state index in [1.807, 2.05) is 13.8 Å². The fourth-order valence-corrected chi connectivity index (χ4v) is 1.61. The molecular weight excluding hydrogens is 320 g/mol. The zero-order chi connectivity index (χ0) is 18.4. The highest BCUT2D eigenvalue weighted by Gasteiger charge is 2.10. The van der Waals surface area contributed by atoms with Crippen LogP contribution in [0, 0.1) is 0 Å². The highest BCUT2D eigenvalue weighted by Crippen LogP contribution is 2.04. The fraction of sp³-hybridized carbons (Fsp3) is 0.812. The highest BCUT2D eigenvalue weighted by atomic mass is 16.6. The topological polar surface area (TPSA) is 108 Å². The predicted octanol–water partition coefficient (Wildman–Crippen LogP) is 0.982. The van der Waals surface area contributed by atoms with E-state index in [1.54, 1.807) is 6.92 Å². The Balaban J connectivity index is 3.53. The minimum atomic E-state index is -0.876. The van der Waals surface area contributed by atoms with Gasteiger partial charge >= 0.3 is 17.9 Å². The standard InChI is InChI=1S/C16H28O8/c1-12(2)22-10-13(3)24-14(18)7-5-4-6-8-21-16(20)11-23-15(19)9-17/h12-13,17H,4-11H2,1-3H3. The van der Waals surface area contributed by atoms with Crippen molar-refractivity contribution in [2.24, 2.45) is 0 Å². The van der Waals surface area contributed by atoms with Gasteiger partial charge in [0.1, 0.15) is 12.7 Å². The average molecular weight is 348 g/mol. The Labute approximate surface area is 142 Å².